The summed E-state index contributed by atoms with van der Waals surface area (Å²) >= 11 is 5.97. The van der Waals surface area contributed by atoms with Gasteiger partial charge in [-0.15, -0.1) is 11.6 Å². The van der Waals surface area contributed by atoms with Crippen molar-refractivity contribution in [3.63, 3.8) is 0 Å². The summed E-state index contributed by atoms with van der Waals surface area (Å²) in [5.74, 6) is 0.401. The van der Waals surface area contributed by atoms with Crippen LogP contribution in [0.1, 0.15) is 48.5 Å². The Hall–Kier alpha value is -0.970. The van der Waals surface area contributed by atoms with E-state index in [1.54, 1.807) is 4.90 Å². The van der Waals surface area contributed by atoms with Crippen molar-refractivity contribution in [3.05, 3.63) is 0 Å². The van der Waals surface area contributed by atoms with Crippen molar-refractivity contribution in [1.82, 2.24) is 9.80 Å². The van der Waals surface area contributed by atoms with Crippen LogP contribution < -0.4 is 0 Å². The molecule has 0 aromatic carbocycles. The molecule has 6 heteroatoms. The lowest BCUT2D eigenvalue weighted by Gasteiger charge is -2.31. The van der Waals surface area contributed by atoms with E-state index in [9.17, 15) is 9.59 Å². The summed E-state index contributed by atoms with van der Waals surface area (Å²) in [6.07, 6.45) is -0.265. The second-order valence-electron chi connectivity index (χ2n) is 9.64. The molecule has 0 spiro atoms. The smallest absolute Gasteiger partial charge is 0.410 e. The highest BCUT2D eigenvalue weighted by molar-refractivity contribution is 6.19. The zero-order valence-electron chi connectivity index (χ0n) is 16.0. The molecule has 2 fully saturated rings. The molecule has 2 amide bonds. The first-order valence-corrected chi connectivity index (χ1v) is 9.10. The Morgan fingerprint density at radius 2 is 1.38 bits per heavy atom. The van der Waals surface area contributed by atoms with Crippen LogP contribution in [0.25, 0.3) is 0 Å². The van der Waals surface area contributed by atoms with Gasteiger partial charge in [0.2, 0.25) is 5.91 Å². The molecular formula is C18H31ClN2O3. The summed E-state index contributed by atoms with van der Waals surface area (Å²) in [6.45, 7) is 16.3. The molecule has 0 radical (unpaired) electrons. The van der Waals surface area contributed by atoms with Crippen LogP contribution in [0.4, 0.5) is 4.79 Å². The van der Waals surface area contributed by atoms with Crippen LogP contribution in [0.3, 0.4) is 0 Å². The third-order valence-corrected chi connectivity index (χ3v) is 6.14. The number of ether oxygens (including phenoxy) is 1. The molecule has 0 aromatic rings. The van der Waals surface area contributed by atoms with E-state index in [-0.39, 0.29) is 22.8 Å². The highest BCUT2D eigenvalue weighted by Gasteiger charge is 2.60. The molecule has 138 valence electrons. The Balaban J connectivity index is 2.11. The number of likely N-dealkylation sites (tertiary alicyclic amines) is 2. The average molecular weight is 359 g/mol. The fourth-order valence-electron chi connectivity index (χ4n) is 3.74. The van der Waals surface area contributed by atoms with Crippen LogP contribution in [0.2, 0.25) is 0 Å². The van der Waals surface area contributed by atoms with E-state index in [1.165, 1.54) is 0 Å². The van der Waals surface area contributed by atoms with E-state index in [0.717, 1.165) is 0 Å². The summed E-state index contributed by atoms with van der Waals surface area (Å²) in [4.78, 5) is 28.9. The minimum Gasteiger partial charge on any atom is -0.444 e. The van der Waals surface area contributed by atoms with Crippen molar-refractivity contribution in [1.29, 1.82) is 0 Å². The summed E-state index contributed by atoms with van der Waals surface area (Å²) in [5.41, 5.74) is -1.30. The van der Waals surface area contributed by atoms with Crippen molar-refractivity contribution < 1.29 is 14.3 Å². The summed E-state index contributed by atoms with van der Waals surface area (Å²) < 4.78 is 5.51. The molecule has 2 rings (SSSR count). The number of carbonyl (C=O) groups excluding carboxylic acids is 2. The van der Waals surface area contributed by atoms with Gasteiger partial charge in [0.05, 0.1) is 5.41 Å². The van der Waals surface area contributed by atoms with E-state index >= 15 is 0 Å². The SMILES string of the molecule is CC(C)(C)OC(=O)N1C[C@@]2(C)CN(C(=O)C(C)(C)CCl)C[C@@]2(C)C1. The molecule has 0 unspecified atom stereocenters. The van der Waals surface area contributed by atoms with E-state index in [1.807, 2.05) is 39.5 Å². The van der Waals surface area contributed by atoms with Crippen LogP contribution in [0, 0.1) is 16.2 Å². The number of halogens is 1. The van der Waals surface area contributed by atoms with Crippen LogP contribution in [0.5, 0.6) is 0 Å². The van der Waals surface area contributed by atoms with E-state index < -0.39 is 11.0 Å². The zero-order valence-corrected chi connectivity index (χ0v) is 16.8. The maximum atomic E-state index is 12.8. The standard InChI is InChI=1S/C18H31ClN2O3/c1-15(2,3)24-14(23)21-11-17(6)9-20(10-18(17,7)12-21)13(22)16(4,5)8-19/h8-12H2,1-7H3/t17-,18+. The lowest BCUT2D eigenvalue weighted by Crippen LogP contribution is -2.44. The first-order chi connectivity index (χ1) is 10.7. The molecule has 5 nitrogen and oxygen atoms in total. The Kier molecular flexibility index (Phi) is 4.67. The number of fused-ring (bicyclic) bond motifs is 1. The van der Waals surface area contributed by atoms with Gasteiger partial charge in [-0.2, -0.15) is 0 Å². The Morgan fingerprint density at radius 3 is 1.75 bits per heavy atom. The van der Waals surface area contributed by atoms with Crippen molar-refractivity contribution in [2.45, 2.75) is 54.1 Å². The predicted octanol–water partition coefficient (Wildman–Crippen LogP) is 3.36. The maximum absolute atomic E-state index is 12.8. The van der Waals surface area contributed by atoms with Gasteiger partial charge in [0.1, 0.15) is 5.60 Å². The number of rotatable bonds is 2. The molecule has 2 atom stereocenters. The Labute approximate surface area is 150 Å². The van der Waals surface area contributed by atoms with Gasteiger partial charge in [-0.05, 0) is 34.6 Å². The quantitative estimate of drug-likeness (QED) is 0.711. The van der Waals surface area contributed by atoms with E-state index in [2.05, 4.69) is 13.8 Å². The third kappa shape index (κ3) is 3.37. The molecule has 0 aliphatic carbocycles. The zero-order chi connectivity index (χ0) is 18.6. The number of hydrogen-bond donors (Lipinski definition) is 0. The molecule has 2 saturated heterocycles. The largest absolute Gasteiger partial charge is 0.444 e. The first-order valence-electron chi connectivity index (χ1n) is 8.56. The van der Waals surface area contributed by atoms with Gasteiger partial charge in [-0.1, -0.05) is 13.8 Å². The highest BCUT2D eigenvalue weighted by atomic mass is 35.5. The summed E-state index contributed by atoms with van der Waals surface area (Å²) in [6, 6.07) is 0. The molecule has 0 aromatic heterocycles. The van der Waals surface area contributed by atoms with Gasteiger partial charge in [0.25, 0.3) is 0 Å². The number of nitrogens with zero attached hydrogens (tertiary/aromatic N) is 2. The minimum atomic E-state index is -0.558. The number of alkyl halides is 1. The van der Waals surface area contributed by atoms with Gasteiger partial charge >= 0.3 is 6.09 Å². The maximum Gasteiger partial charge on any atom is 0.410 e. The fraction of sp³-hybridized carbons (Fsp3) is 0.889. The molecule has 2 aliphatic heterocycles. The summed E-state index contributed by atoms with van der Waals surface area (Å²) in [7, 11) is 0. The number of amides is 2. The molecule has 2 aliphatic rings. The second-order valence-corrected chi connectivity index (χ2v) is 9.90. The predicted molar refractivity (Wildman–Crippen MR) is 95.1 cm³/mol. The van der Waals surface area contributed by atoms with Gasteiger partial charge < -0.3 is 14.5 Å². The molecular weight excluding hydrogens is 328 g/mol. The van der Waals surface area contributed by atoms with E-state index in [0.29, 0.717) is 32.1 Å². The van der Waals surface area contributed by atoms with Crippen molar-refractivity contribution in [2.75, 3.05) is 32.1 Å². The normalized spacial score (nSPS) is 30.5. The van der Waals surface area contributed by atoms with Crippen molar-refractivity contribution in [2.24, 2.45) is 16.2 Å². The monoisotopic (exact) mass is 358 g/mol. The van der Waals surface area contributed by atoms with Crippen molar-refractivity contribution >= 4 is 23.6 Å². The molecule has 24 heavy (non-hydrogen) atoms. The van der Waals surface area contributed by atoms with Gasteiger partial charge in [0, 0.05) is 42.9 Å². The molecule has 2 heterocycles. The molecule has 0 bridgehead atoms. The highest BCUT2D eigenvalue weighted by Crippen LogP contribution is 2.52. The van der Waals surface area contributed by atoms with E-state index in [4.69, 9.17) is 16.3 Å². The molecule has 0 saturated carbocycles. The fourth-order valence-corrected chi connectivity index (χ4v) is 3.86. The molecule has 0 N–H and O–H groups in total. The van der Waals surface area contributed by atoms with Gasteiger partial charge in [-0.3, -0.25) is 4.79 Å². The van der Waals surface area contributed by atoms with Crippen LogP contribution in [0.15, 0.2) is 0 Å². The van der Waals surface area contributed by atoms with Crippen LogP contribution in [-0.2, 0) is 9.53 Å². The lowest BCUT2D eigenvalue weighted by molar-refractivity contribution is -0.138. The second kappa shape index (κ2) is 5.79. The third-order valence-electron chi connectivity index (χ3n) is 5.47. The van der Waals surface area contributed by atoms with Crippen LogP contribution in [-0.4, -0.2) is 59.5 Å². The number of hydrogen-bond acceptors (Lipinski definition) is 3. The topological polar surface area (TPSA) is 49.9 Å². The van der Waals surface area contributed by atoms with Crippen LogP contribution >= 0.6 is 11.6 Å². The van der Waals surface area contributed by atoms with Gasteiger partial charge in [0.15, 0.2) is 0 Å². The summed E-state index contributed by atoms with van der Waals surface area (Å²) in [5, 5.41) is 0. The average Bonchev–Trinajstić information content (AvgIpc) is 2.81. The first kappa shape index (κ1) is 19.4. The Morgan fingerprint density at radius 1 is 0.958 bits per heavy atom. The van der Waals surface area contributed by atoms with Crippen molar-refractivity contribution in [3.8, 4) is 0 Å². The number of carbonyl (C=O) groups is 2. The lowest BCUT2D eigenvalue weighted by atomic mass is 9.71. The Bertz CT molecular complexity index is 523. The minimum absolute atomic E-state index is 0.0955. The van der Waals surface area contributed by atoms with Gasteiger partial charge in [-0.25, -0.2) is 4.79 Å².